The SMILES string of the molecule is C.CCC(C)(C)ONC1(N)C=CC(=c2ccccc2=C=O)C=C1. The van der Waals surface area contributed by atoms with Crippen LogP contribution < -0.4 is 21.7 Å². The van der Waals surface area contributed by atoms with Gasteiger partial charge in [-0.1, -0.05) is 44.7 Å². The molecule has 1 aliphatic carbocycles. The number of carbonyl (C=O) groups excluding carboxylic acids is 1. The third kappa shape index (κ3) is 4.75. The summed E-state index contributed by atoms with van der Waals surface area (Å²) in [6.45, 7) is 6.04. The topological polar surface area (TPSA) is 64.3 Å². The van der Waals surface area contributed by atoms with Gasteiger partial charge in [0.15, 0.2) is 0 Å². The molecule has 0 aromatic heterocycles. The average molecular weight is 314 g/mol. The Hall–Kier alpha value is -1.97. The summed E-state index contributed by atoms with van der Waals surface area (Å²) in [5.74, 6) is 1.96. The van der Waals surface area contributed by atoms with Crippen molar-refractivity contribution < 1.29 is 9.63 Å². The molecule has 1 aromatic rings. The van der Waals surface area contributed by atoms with Gasteiger partial charge in [0.2, 0.25) is 0 Å². The van der Waals surface area contributed by atoms with Crippen molar-refractivity contribution in [3.05, 3.63) is 59.0 Å². The van der Waals surface area contributed by atoms with E-state index in [1.807, 2.05) is 62.3 Å². The predicted octanol–water partition coefficient (Wildman–Crippen LogP) is 1.47. The first kappa shape index (κ1) is 19.1. The van der Waals surface area contributed by atoms with Gasteiger partial charge in [-0.25, -0.2) is 4.79 Å². The molecule has 0 saturated carbocycles. The molecule has 0 fully saturated rings. The first-order chi connectivity index (χ1) is 10.4. The summed E-state index contributed by atoms with van der Waals surface area (Å²) in [7, 11) is 0. The van der Waals surface area contributed by atoms with E-state index in [4.69, 9.17) is 10.6 Å². The van der Waals surface area contributed by atoms with Crippen LogP contribution in [0.1, 0.15) is 34.6 Å². The predicted molar refractivity (Wildman–Crippen MR) is 94.4 cm³/mol. The number of hydrogen-bond acceptors (Lipinski definition) is 4. The van der Waals surface area contributed by atoms with Crippen molar-refractivity contribution in [2.24, 2.45) is 5.73 Å². The van der Waals surface area contributed by atoms with Gasteiger partial charge in [0.25, 0.3) is 0 Å². The molecule has 1 aromatic carbocycles. The van der Waals surface area contributed by atoms with E-state index >= 15 is 0 Å². The van der Waals surface area contributed by atoms with Crippen LogP contribution in [0.5, 0.6) is 0 Å². The minimum atomic E-state index is -0.865. The number of allylic oxidation sites excluding steroid dienone is 2. The summed E-state index contributed by atoms with van der Waals surface area (Å²) < 4.78 is 0. The van der Waals surface area contributed by atoms with Crippen molar-refractivity contribution in [3.63, 3.8) is 0 Å². The molecule has 0 amide bonds. The van der Waals surface area contributed by atoms with Gasteiger partial charge >= 0.3 is 0 Å². The summed E-state index contributed by atoms with van der Waals surface area (Å²) >= 11 is 0. The summed E-state index contributed by atoms with van der Waals surface area (Å²) in [6.07, 6.45) is 8.26. The maximum atomic E-state index is 11.0. The van der Waals surface area contributed by atoms with Crippen molar-refractivity contribution in [2.45, 2.75) is 45.9 Å². The second-order valence-electron chi connectivity index (χ2n) is 6.02. The first-order valence-corrected chi connectivity index (χ1v) is 7.36. The highest BCUT2D eigenvalue weighted by Gasteiger charge is 2.25. The van der Waals surface area contributed by atoms with Crippen LogP contribution in [0.4, 0.5) is 0 Å². The van der Waals surface area contributed by atoms with Crippen molar-refractivity contribution in [1.82, 2.24) is 5.48 Å². The minimum absolute atomic E-state index is 0. The Morgan fingerprint density at radius 2 is 1.87 bits per heavy atom. The molecule has 0 atom stereocenters. The lowest BCUT2D eigenvalue weighted by atomic mass is 9.99. The molecule has 124 valence electrons. The number of hydrogen-bond donors (Lipinski definition) is 2. The van der Waals surface area contributed by atoms with Gasteiger partial charge in [-0.3, -0.25) is 4.84 Å². The monoisotopic (exact) mass is 314 g/mol. The third-order valence-electron chi connectivity index (χ3n) is 3.78. The molecule has 0 saturated heterocycles. The van der Waals surface area contributed by atoms with Crippen LogP contribution in [0.3, 0.4) is 0 Å². The lowest BCUT2D eigenvalue weighted by molar-refractivity contribution is -0.106. The van der Waals surface area contributed by atoms with Crippen molar-refractivity contribution in [3.8, 4) is 0 Å². The van der Waals surface area contributed by atoms with Gasteiger partial charge in [-0.2, -0.15) is 5.48 Å². The van der Waals surface area contributed by atoms with Crippen molar-refractivity contribution in [2.75, 3.05) is 0 Å². The number of benzene rings is 1. The number of hydroxylamine groups is 1. The van der Waals surface area contributed by atoms with E-state index in [-0.39, 0.29) is 13.0 Å². The van der Waals surface area contributed by atoms with Gasteiger partial charge in [0, 0.05) is 0 Å². The second-order valence-corrected chi connectivity index (χ2v) is 6.02. The molecule has 0 spiro atoms. The lowest BCUT2D eigenvalue weighted by Crippen LogP contribution is -2.53. The molecule has 0 heterocycles. The fourth-order valence-corrected chi connectivity index (χ4v) is 1.94. The van der Waals surface area contributed by atoms with E-state index in [1.165, 1.54) is 0 Å². The molecule has 0 radical (unpaired) electrons. The maximum absolute atomic E-state index is 11.0. The molecule has 23 heavy (non-hydrogen) atoms. The molecular weight excluding hydrogens is 288 g/mol. The molecule has 4 nitrogen and oxygen atoms in total. The van der Waals surface area contributed by atoms with Crippen LogP contribution >= 0.6 is 0 Å². The smallest absolute Gasteiger partial charge is 0.133 e. The number of rotatable bonds is 4. The van der Waals surface area contributed by atoms with E-state index in [1.54, 1.807) is 6.07 Å². The normalized spacial score (nSPS) is 20.1. The van der Waals surface area contributed by atoms with E-state index in [0.29, 0.717) is 5.22 Å². The maximum Gasteiger partial charge on any atom is 0.133 e. The molecule has 0 bridgehead atoms. The largest absolute Gasteiger partial charge is 0.305 e. The Balaban J connectivity index is 0.00000264. The fourth-order valence-electron chi connectivity index (χ4n) is 1.94. The molecule has 4 heteroatoms. The molecule has 0 aliphatic heterocycles. The Morgan fingerprint density at radius 3 is 2.43 bits per heavy atom. The van der Waals surface area contributed by atoms with Gasteiger partial charge in [0.1, 0.15) is 11.6 Å². The van der Waals surface area contributed by atoms with Crippen molar-refractivity contribution in [1.29, 1.82) is 0 Å². The Kier molecular flexibility index (Phi) is 6.25. The average Bonchev–Trinajstić information content (AvgIpc) is 2.54. The van der Waals surface area contributed by atoms with Gasteiger partial charge < -0.3 is 5.73 Å². The van der Waals surface area contributed by atoms with Gasteiger partial charge in [0.05, 0.1) is 10.8 Å². The van der Waals surface area contributed by atoms with E-state index < -0.39 is 5.66 Å². The number of nitrogens with one attached hydrogen (secondary N) is 1. The highest BCUT2D eigenvalue weighted by Crippen LogP contribution is 2.17. The standard InChI is InChI=1S/C18H22N2O2.CH4/c1-4-17(2,3)22-20-18(19)11-9-14(10-12-18)16-8-6-5-7-15(16)13-21;/h5-12,20H,4,19H2,1-3H3;1H4. The Bertz CT molecular complexity index is 725. The van der Waals surface area contributed by atoms with Crippen LogP contribution in [-0.2, 0) is 9.63 Å². The third-order valence-corrected chi connectivity index (χ3v) is 3.78. The van der Waals surface area contributed by atoms with Crippen LogP contribution in [0.25, 0.3) is 5.57 Å². The Labute approximate surface area is 138 Å². The molecule has 0 unspecified atom stereocenters. The summed E-state index contributed by atoms with van der Waals surface area (Å²) in [5.41, 5.74) is 8.89. The van der Waals surface area contributed by atoms with Crippen LogP contribution in [0.2, 0.25) is 0 Å². The lowest BCUT2D eigenvalue weighted by Gasteiger charge is -2.31. The van der Waals surface area contributed by atoms with E-state index in [9.17, 15) is 4.79 Å². The second kappa shape index (κ2) is 7.53. The minimum Gasteiger partial charge on any atom is -0.305 e. The van der Waals surface area contributed by atoms with Crippen molar-refractivity contribution >= 4 is 11.5 Å². The highest BCUT2D eigenvalue weighted by atomic mass is 16.7. The zero-order valence-corrected chi connectivity index (χ0v) is 13.2. The number of nitrogens with two attached hydrogens (primary N) is 1. The first-order valence-electron chi connectivity index (χ1n) is 7.36. The molecular formula is C19H26N2O2. The summed E-state index contributed by atoms with van der Waals surface area (Å²) in [5, 5.41) is 1.37. The Morgan fingerprint density at radius 1 is 1.26 bits per heavy atom. The molecule has 1 aliphatic rings. The van der Waals surface area contributed by atoms with E-state index in [0.717, 1.165) is 17.2 Å². The highest BCUT2D eigenvalue weighted by molar-refractivity contribution is 5.70. The quantitative estimate of drug-likeness (QED) is 0.652. The van der Waals surface area contributed by atoms with E-state index in [2.05, 4.69) is 12.4 Å². The van der Waals surface area contributed by atoms with Gasteiger partial charge in [-0.05, 0) is 49.3 Å². The molecule has 3 N–H and O–H groups in total. The zero-order valence-electron chi connectivity index (χ0n) is 13.2. The van der Waals surface area contributed by atoms with Crippen LogP contribution in [-0.4, -0.2) is 17.2 Å². The fraction of sp³-hybridized carbons (Fsp3) is 0.368. The zero-order chi connectivity index (χ0) is 16.2. The van der Waals surface area contributed by atoms with Crippen LogP contribution in [0, 0.1) is 0 Å². The van der Waals surface area contributed by atoms with Gasteiger partial charge in [-0.15, -0.1) is 0 Å². The summed E-state index contributed by atoms with van der Waals surface area (Å²) in [6, 6.07) is 7.33. The van der Waals surface area contributed by atoms with Crippen LogP contribution in [0.15, 0.2) is 48.6 Å². The summed E-state index contributed by atoms with van der Waals surface area (Å²) in [4.78, 5) is 16.7. The molecule has 2 rings (SSSR count).